The number of nitrogens with two attached hydrogens (primary N) is 1. The van der Waals surface area contributed by atoms with Crippen molar-refractivity contribution in [3.8, 4) is 0 Å². The molecule has 2 aliphatic carbocycles. The van der Waals surface area contributed by atoms with Gasteiger partial charge in [0, 0.05) is 0 Å². The number of benzene rings is 1. The first-order valence-electron chi connectivity index (χ1n) is 8.97. The number of carbonyl (C=O) groups excluding carboxylic acids is 1. The van der Waals surface area contributed by atoms with Gasteiger partial charge >= 0.3 is 0 Å². The molecule has 4 nitrogen and oxygen atoms in total. The molecule has 2 saturated carbocycles. The van der Waals surface area contributed by atoms with Gasteiger partial charge < -0.3 is 10.7 Å². The first-order chi connectivity index (χ1) is 11.2. The third-order valence-electron chi connectivity index (χ3n) is 6.30. The molecule has 23 heavy (non-hydrogen) atoms. The molecule has 2 fully saturated rings. The lowest BCUT2D eigenvalue weighted by molar-refractivity contribution is -0.128. The number of rotatable bonds is 4. The Kier molecular flexibility index (Phi) is 3.63. The van der Waals surface area contributed by atoms with E-state index < -0.39 is 5.41 Å². The van der Waals surface area contributed by atoms with Crippen LogP contribution in [0.2, 0.25) is 0 Å². The summed E-state index contributed by atoms with van der Waals surface area (Å²) < 4.78 is 0. The summed E-state index contributed by atoms with van der Waals surface area (Å²) in [6.07, 6.45) is 11.0. The molecule has 4 rings (SSSR count). The molecule has 1 amide bonds. The van der Waals surface area contributed by atoms with Gasteiger partial charge in [-0.1, -0.05) is 37.8 Å². The summed E-state index contributed by atoms with van der Waals surface area (Å²) in [6.45, 7) is 0. The van der Waals surface area contributed by atoms with Crippen LogP contribution in [0.25, 0.3) is 11.0 Å². The molecule has 122 valence electrons. The van der Waals surface area contributed by atoms with E-state index >= 15 is 0 Å². The Morgan fingerprint density at radius 1 is 1.09 bits per heavy atom. The maximum Gasteiger partial charge on any atom is 0.228 e. The number of carbonyl (C=O) groups is 1. The minimum atomic E-state index is -0.540. The average Bonchev–Trinajstić information content (AvgIpc) is 3.31. The maximum atomic E-state index is 12.9. The number of fused-ring (bicyclic) bond motifs is 1. The average molecular weight is 311 g/mol. The van der Waals surface area contributed by atoms with Gasteiger partial charge in [0.2, 0.25) is 5.91 Å². The predicted molar refractivity (Wildman–Crippen MR) is 90.9 cm³/mol. The Bertz CT molecular complexity index is 692. The third kappa shape index (κ3) is 2.11. The number of aromatic nitrogens is 2. The fourth-order valence-corrected chi connectivity index (χ4v) is 5.37. The zero-order valence-electron chi connectivity index (χ0n) is 13.6. The summed E-state index contributed by atoms with van der Waals surface area (Å²) in [5.41, 5.74) is 8.62. The second-order valence-electron chi connectivity index (χ2n) is 7.30. The van der Waals surface area contributed by atoms with Crippen LogP contribution in [-0.2, 0) is 10.2 Å². The quantitative estimate of drug-likeness (QED) is 0.904. The van der Waals surface area contributed by atoms with Crippen LogP contribution >= 0.6 is 0 Å². The standard InChI is InChI=1S/C19H25N3O/c20-18(23)19(13-6-1-2-7-13,14-8-3-4-9-14)15-10-5-11-16-17(15)22-12-21-16/h5,10-14H,1-4,6-9H2,(H2,20,23)(H,21,22). The predicted octanol–water partition coefficient (Wildman–Crippen LogP) is 3.67. The molecule has 0 unspecified atom stereocenters. The molecule has 0 saturated heterocycles. The first-order valence-corrected chi connectivity index (χ1v) is 8.97. The molecule has 1 heterocycles. The van der Waals surface area contributed by atoms with Crippen molar-refractivity contribution in [1.29, 1.82) is 0 Å². The van der Waals surface area contributed by atoms with Crippen molar-refractivity contribution in [2.75, 3.05) is 0 Å². The second-order valence-corrected chi connectivity index (χ2v) is 7.30. The van der Waals surface area contributed by atoms with E-state index in [0.29, 0.717) is 11.8 Å². The van der Waals surface area contributed by atoms with Crippen molar-refractivity contribution < 1.29 is 4.79 Å². The van der Waals surface area contributed by atoms with Crippen molar-refractivity contribution in [3.63, 3.8) is 0 Å². The van der Waals surface area contributed by atoms with Crippen LogP contribution in [0.4, 0.5) is 0 Å². The number of hydrogen-bond donors (Lipinski definition) is 2. The largest absolute Gasteiger partial charge is 0.369 e. The van der Waals surface area contributed by atoms with E-state index in [0.717, 1.165) is 42.3 Å². The first kappa shape index (κ1) is 14.7. The van der Waals surface area contributed by atoms with Crippen molar-refractivity contribution >= 4 is 16.9 Å². The molecule has 0 atom stereocenters. The molecular formula is C19H25N3O. The minimum absolute atomic E-state index is 0.133. The third-order valence-corrected chi connectivity index (χ3v) is 6.30. The van der Waals surface area contributed by atoms with Gasteiger partial charge in [0.15, 0.2) is 0 Å². The fourth-order valence-electron chi connectivity index (χ4n) is 5.37. The molecule has 0 radical (unpaired) electrons. The van der Waals surface area contributed by atoms with Crippen LogP contribution < -0.4 is 5.73 Å². The van der Waals surface area contributed by atoms with E-state index in [2.05, 4.69) is 16.0 Å². The van der Waals surface area contributed by atoms with Crippen molar-refractivity contribution in [2.24, 2.45) is 17.6 Å². The van der Waals surface area contributed by atoms with Gasteiger partial charge in [-0.05, 0) is 49.1 Å². The molecule has 1 aromatic carbocycles. The van der Waals surface area contributed by atoms with Gasteiger partial charge in [0.25, 0.3) is 0 Å². The zero-order valence-corrected chi connectivity index (χ0v) is 13.6. The second kappa shape index (κ2) is 5.66. The van der Waals surface area contributed by atoms with Crippen molar-refractivity contribution in [2.45, 2.75) is 56.8 Å². The molecule has 0 bridgehead atoms. The number of hydrogen-bond acceptors (Lipinski definition) is 2. The molecule has 0 aliphatic heterocycles. The highest BCUT2D eigenvalue weighted by molar-refractivity contribution is 5.93. The summed E-state index contributed by atoms with van der Waals surface area (Å²) in [7, 11) is 0. The molecule has 1 aromatic heterocycles. The number of nitrogens with zero attached hydrogens (tertiary/aromatic N) is 1. The monoisotopic (exact) mass is 311 g/mol. The van der Waals surface area contributed by atoms with Gasteiger partial charge in [-0.3, -0.25) is 4.79 Å². The van der Waals surface area contributed by atoms with Crippen LogP contribution in [0.3, 0.4) is 0 Å². The van der Waals surface area contributed by atoms with E-state index in [1.807, 2.05) is 12.1 Å². The summed E-state index contributed by atoms with van der Waals surface area (Å²) >= 11 is 0. The van der Waals surface area contributed by atoms with E-state index in [-0.39, 0.29) is 5.91 Å². The van der Waals surface area contributed by atoms with Crippen molar-refractivity contribution in [1.82, 2.24) is 9.97 Å². The number of nitrogens with one attached hydrogen (secondary N) is 1. The fraction of sp³-hybridized carbons (Fsp3) is 0.579. The Morgan fingerprint density at radius 3 is 2.26 bits per heavy atom. The topological polar surface area (TPSA) is 71.8 Å². The Balaban J connectivity index is 1.96. The number of aromatic amines is 1. The molecule has 4 heteroatoms. The van der Waals surface area contributed by atoms with Gasteiger partial charge in [-0.15, -0.1) is 0 Å². The van der Waals surface area contributed by atoms with Gasteiger partial charge in [0.1, 0.15) is 0 Å². The van der Waals surface area contributed by atoms with Gasteiger partial charge in [-0.25, -0.2) is 4.98 Å². The van der Waals surface area contributed by atoms with Crippen LogP contribution in [0.5, 0.6) is 0 Å². The normalized spacial score (nSPS) is 20.5. The summed E-state index contributed by atoms with van der Waals surface area (Å²) in [6, 6.07) is 6.17. The number of imidazole rings is 1. The van der Waals surface area contributed by atoms with Crippen molar-refractivity contribution in [3.05, 3.63) is 30.1 Å². The summed E-state index contributed by atoms with van der Waals surface area (Å²) in [4.78, 5) is 20.7. The smallest absolute Gasteiger partial charge is 0.228 e. The minimum Gasteiger partial charge on any atom is -0.369 e. The number of para-hydroxylation sites is 1. The Hall–Kier alpha value is -1.84. The Labute approximate surface area is 136 Å². The molecular weight excluding hydrogens is 286 g/mol. The summed E-state index contributed by atoms with van der Waals surface area (Å²) in [5, 5.41) is 0. The number of primary amides is 1. The van der Waals surface area contributed by atoms with Crippen LogP contribution in [0.1, 0.15) is 56.9 Å². The SMILES string of the molecule is NC(=O)C(c1cccc2[nH]cnc12)(C1CCCC1)C1CCCC1. The van der Waals surface area contributed by atoms with E-state index in [1.54, 1.807) is 6.33 Å². The highest BCUT2D eigenvalue weighted by Crippen LogP contribution is 2.53. The van der Waals surface area contributed by atoms with E-state index in [1.165, 1.54) is 25.7 Å². The van der Waals surface area contributed by atoms with Gasteiger partial charge in [-0.2, -0.15) is 0 Å². The molecule has 0 spiro atoms. The molecule has 3 N–H and O–H groups in total. The Morgan fingerprint density at radius 2 is 1.70 bits per heavy atom. The highest BCUT2D eigenvalue weighted by atomic mass is 16.1. The molecule has 2 aliphatic rings. The maximum absolute atomic E-state index is 12.9. The zero-order chi connectivity index (χ0) is 15.9. The molecule has 2 aromatic rings. The van der Waals surface area contributed by atoms with Crippen LogP contribution in [0.15, 0.2) is 24.5 Å². The lowest BCUT2D eigenvalue weighted by atomic mass is 9.60. The van der Waals surface area contributed by atoms with Gasteiger partial charge in [0.05, 0.1) is 22.8 Å². The number of H-pyrrole nitrogens is 1. The van der Waals surface area contributed by atoms with E-state index in [4.69, 9.17) is 5.73 Å². The lowest BCUT2D eigenvalue weighted by Crippen LogP contribution is -2.51. The van der Waals surface area contributed by atoms with Crippen LogP contribution in [-0.4, -0.2) is 15.9 Å². The van der Waals surface area contributed by atoms with Crippen LogP contribution in [0, 0.1) is 11.8 Å². The highest BCUT2D eigenvalue weighted by Gasteiger charge is 2.53. The summed E-state index contributed by atoms with van der Waals surface area (Å²) in [5.74, 6) is 0.600. The number of amides is 1. The lowest BCUT2D eigenvalue weighted by Gasteiger charge is -2.42. The van der Waals surface area contributed by atoms with E-state index in [9.17, 15) is 4.79 Å².